The van der Waals surface area contributed by atoms with Gasteiger partial charge in [0.25, 0.3) is 0 Å². The molecule has 12 rings (SSSR count). The van der Waals surface area contributed by atoms with Gasteiger partial charge < -0.3 is 9.13 Å². The van der Waals surface area contributed by atoms with Gasteiger partial charge in [0.15, 0.2) is 17.5 Å². The zero-order valence-corrected chi connectivity index (χ0v) is 32.4. The van der Waals surface area contributed by atoms with Gasteiger partial charge in [-0.05, 0) is 76.5 Å². The smallest absolute Gasteiger partial charge is 0.164 e. The van der Waals surface area contributed by atoms with Crippen LogP contribution in [0.2, 0.25) is 0 Å². The van der Waals surface area contributed by atoms with Crippen molar-refractivity contribution in [2.24, 2.45) is 0 Å². The minimum atomic E-state index is 0.609. The summed E-state index contributed by atoms with van der Waals surface area (Å²) in [5, 5.41) is 7.16. The van der Waals surface area contributed by atoms with Crippen LogP contribution in [0, 0.1) is 0 Å². The van der Waals surface area contributed by atoms with E-state index < -0.39 is 0 Å². The van der Waals surface area contributed by atoms with E-state index in [2.05, 4.69) is 203 Å². The van der Waals surface area contributed by atoms with Crippen LogP contribution < -0.4 is 0 Å². The second-order valence-corrected chi connectivity index (χ2v) is 15.3. The third-order valence-corrected chi connectivity index (χ3v) is 11.7. The second kappa shape index (κ2) is 13.8. The molecule has 280 valence electrons. The Hall–Kier alpha value is -8.15. The molecule has 0 atom stereocenters. The lowest BCUT2D eigenvalue weighted by atomic mass is 10.0. The van der Waals surface area contributed by atoms with Crippen molar-refractivity contribution in [2.75, 3.05) is 0 Å². The molecule has 0 spiro atoms. The van der Waals surface area contributed by atoms with Gasteiger partial charge >= 0.3 is 0 Å². The van der Waals surface area contributed by atoms with E-state index in [0.717, 1.165) is 55.6 Å². The monoisotopic (exact) mass is 765 g/mol. The van der Waals surface area contributed by atoms with Crippen LogP contribution in [0.15, 0.2) is 212 Å². The molecule has 5 nitrogen and oxygen atoms in total. The molecular formula is C55H35N5. The van der Waals surface area contributed by atoms with Crippen LogP contribution in [0.25, 0.3) is 111 Å². The zero-order chi connectivity index (χ0) is 39.6. The molecule has 3 heterocycles. The molecule has 60 heavy (non-hydrogen) atoms. The van der Waals surface area contributed by atoms with Gasteiger partial charge in [-0.2, -0.15) is 0 Å². The highest BCUT2D eigenvalue weighted by atomic mass is 15.0. The molecule has 0 N–H and O–H groups in total. The number of para-hydroxylation sites is 3. The minimum Gasteiger partial charge on any atom is -0.309 e. The Morgan fingerprint density at radius 2 is 0.800 bits per heavy atom. The third-order valence-electron chi connectivity index (χ3n) is 11.7. The summed E-state index contributed by atoms with van der Waals surface area (Å²) in [5.41, 5.74) is 11.7. The van der Waals surface area contributed by atoms with E-state index in [-0.39, 0.29) is 0 Å². The molecule has 0 aliphatic heterocycles. The van der Waals surface area contributed by atoms with Crippen molar-refractivity contribution >= 4 is 54.4 Å². The highest BCUT2D eigenvalue weighted by molar-refractivity contribution is 6.16. The van der Waals surface area contributed by atoms with Crippen LogP contribution in [0.4, 0.5) is 0 Å². The molecule has 0 fully saturated rings. The van der Waals surface area contributed by atoms with Crippen molar-refractivity contribution in [2.45, 2.75) is 0 Å². The summed E-state index contributed by atoms with van der Waals surface area (Å²) in [6, 6.07) is 75.2. The molecular weight excluding hydrogens is 731 g/mol. The fourth-order valence-electron chi connectivity index (χ4n) is 8.99. The maximum atomic E-state index is 5.26. The fraction of sp³-hybridized carbons (Fsp3) is 0. The van der Waals surface area contributed by atoms with Gasteiger partial charge in [-0.3, -0.25) is 0 Å². The Labute approximate surface area is 346 Å². The van der Waals surface area contributed by atoms with E-state index in [0.29, 0.717) is 17.5 Å². The zero-order valence-electron chi connectivity index (χ0n) is 32.4. The normalized spacial score (nSPS) is 11.7. The van der Waals surface area contributed by atoms with Crippen LogP contribution in [0.1, 0.15) is 0 Å². The number of fused-ring (bicyclic) bond motifs is 7. The van der Waals surface area contributed by atoms with Gasteiger partial charge in [0, 0.05) is 43.9 Å². The van der Waals surface area contributed by atoms with E-state index >= 15 is 0 Å². The minimum absolute atomic E-state index is 0.609. The van der Waals surface area contributed by atoms with E-state index in [9.17, 15) is 0 Å². The summed E-state index contributed by atoms with van der Waals surface area (Å²) in [6.07, 6.45) is 0. The van der Waals surface area contributed by atoms with Crippen LogP contribution in [0.3, 0.4) is 0 Å². The summed E-state index contributed by atoms with van der Waals surface area (Å²) < 4.78 is 4.83. The lowest BCUT2D eigenvalue weighted by molar-refractivity contribution is 1.07. The molecule has 5 heteroatoms. The number of rotatable bonds is 6. The van der Waals surface area contributed by atoms with Gasteiger partial charge in [-0.15, -0.1) is 0 Å². The van der Waals surface area contributed by atoms with Gasteiger partial charge in [0.2, 0.25) is 0 Å². The van der Waals surface area contributed by atoms with Gasteiger partial charge in [0.05, 0.1) is 27.8 Å². The summed E-state index contributed by atoms with van der Waals surface area (Å²) in [7, 11) is 0. The Morgan fingerprint density at radius 3 is 1.50 bits per heavy atom. The van der Waals surface area contributed by atoms with Crippen LogP contribution >= 0.6 is 0 Å². The first-order valence-electron chi connectivity index (χ1n) is 20.3. The standard InChI is InChI=1S/C55H35N5/c1-3-16-36(17-4-1)41-33-42(55-57-53(38-19-5-2-6-20-38)56-54(58-55)40-31-30-37-18-7-8-21-39(37)32-40)35-43(34-41)59-49-27-14-11-24-46(49)52-50(59)28-15-29-51(52)60-47-25-12-9-22-44(47)45-23-10-13-26-48(45)60/h1-35H. The number of hydrogen-bond donors (Lipinski definition) is 0. The van der Waals surface area contributed by atoms with Crippen molar-refractivity contribution in [3.63, 3.8) is 0 Å². The lowest BCUT2D eigenvalue weighted by Crippen LogP contribution is -2.02. The number of hydrogen-bond acceptors (Lipinski definition) is 3. The number of aromatic nitrogens is 5. The average molecular weight is 766 g/mol. The van der Waals surface area contributed by atoms with Crippen LogP contribution in [-0.4, -0.2) is 24.1 Å². The van der Waals surface area contributed by atoms with Gasteiger partial charge in [0.1, 0.15) is 0 Å². The Balaban J connectivity index is 1.13. The van der Waals surface area contributed by atoms with Gasteiger partial charge in [-0.1, -0.05) is 158 Å². The predicted molar refractivity (Wildman–Crippen MR) is 248 cm³/mol. The Bertz CT molecular complexity index is 3550. The average Bonchev–Trinajstić information content (AvgIpc) is 3.85. The van der Waals surface area contributed by atoms with Crippen molar-refractivity contribution in [3.05, 3.63) is 212 Å². The van der Waals surface area contributed by atoms with Gasteiger partial charge in [-0.25, -0.2) is 15.0 Å². The maximum absolute atomic E-state index is 5.26. The molecule has 0 radical (unpaired) electrons. The van der Waals surface area contributed by atoms with Crippen LogP contribution in [-0.2, 0) is 0 Å². The van der Waals surface area contributed by atoms with Crippen LogP contribution in [0.5, 0.6) is 0 Å². The largest absolute Gasteiger partial charge is 0.309 e. The first-order chi connectivity index (χ1) is 29.7. The van der Waals surface area contributed by atoms with Crippen molar-refractivity contribution in [1.82, 2.24) is 24.1 Å². The first kappa shape index (κ1) is 33.9. The van der Waals surface area contributed by atoms with Crippen molar-refractivity contribution in [3.8, 4) is 56.7 Å². The van der Waals surface area contributed by atoms with E-state index in [1.165, 1.54) is 38.0 Å². The molecule has 0 saturated heterocycles. The topological polar surface area (TPSA) is 48.5 Å². The maximum Gasteiger partial charge on any atom is 0.164 e. The second-order valence-electron chi connectivity index (χ2n) is 15.3. The van der Waals surface area contributed by atoms with Crippen molar-refractivity contribution < 1.29 is 0 Å². The molecule has 0 aliphatic rings. The van der Waals surface area contributed by atoms with E-state index in [4.69, 9.17) is 15.0 Å². The molecule has 3 aromatic heterocycles. The molecule has 0 bridgehead atoms. The summed E-state index contributed by atoms with van der Waals surface area (Å²) in [5.74, 6) is 1.87. The first-order valence-corrected chi connectivity index (χ1v) is 20.3. The Morgan fingerprint density at radius 1 is 0.283 bits per heavy atom. The number of nitrogens with zero attached hydrogens (tertiary/aromatic N) is 5. The SMILES string of the molecule is c1ccc(-c2cc(-c3nc(-c4ccccc4)nc(-c4ccc5ccccc5c4)n3)cc(-n3c4ccccc4c4c(-n5c6ccccc6c6ccccc65)cccc43)c2)cc1. The molecule has 0 unspecified atom stereocenters. The quantitative estimate of drug-likeness (QED) is 0.169. The van der Waals surface area contributed by atoms with Crippen molar-refractivity contribution in [1.29, 1.82) is 0 Å². The molecule has 9 aromatic carbocycles. The highest BCUT2D eigenvalue weighted by Gasteiger charge is 2.21. The predicted octanol–water partition coefficient (Wildman–Crippen LogP) is 13.9. The molecule has 0 aliphatic carbocycles. The fourth-order valence-corrected chi connectivity index (χ4v) is 8.99. The lowest BCUT2D eigenvalue weighted by Gasteiger charge is -2.15. The molecule has 0 saturated carbocycles. The summed E-state index contributed by atoms with van der Waals surface area (Å²) in [6.45, 7) is 0. The van der Waals surface area contributed by atoms with E-state index in [1.54, 1.807) is 0 Å². The summed E-state index contributed by atoms with van der Waals surface area (Å²) >= 11 is 0. The molecule has 12 aromatic rings. The number of benzene rings is 9. The molecule has 0 amide bonds. The Kier molecular flexibility index (Phi) is 7.78. The highest BCUT2D eigenvalue weighted by Crippen LogP contribution is 2.41. The van der Waals surface area contributed by atoms with E-state index in [1.807, 2.05) is 18.2 Å². The third kappa shape index (κ3) is 5.52. The summed E-state index contributed by atoms with van der Waals surface area (Å²) in [4.78, 5) is 15.6.